The van der Waals surface area contributed by atoms with E-state index in [-0.39, 0.29) is 12.1 Å². The molecule has 3 aromatic heterocycles. The number of ether oxygens (including phenoxy) is 2. The van der Waals surface area contributed by atoms with E-state index < -0.39 is 24.5 Å². The van der Waals surface area contributed by atoms with Crippen LogP contribution < -0.4 is 10.6 Å². The number of rotatable bonds is 5. The number of H-pyrrole nitrogens is 1. The van der Waals surface area contributed by atoms with Crippen LogP contribution in [0.1, 0.15) is 31.1 Å². The zero-order chi connectivity index (χ0) is 21.2. The number of nitrogens with one attached hydrogen (secondary N) is 3. The molecule has 0 aromatic carbocycles. The Morgan fingerprint density at radius 1 is 1.42 bits per heavy atom. The molecular formula is C19H19BrFN7O3. The number of alkyl carbamates (subject to hydrolysis) is 1. The van der Waals surface area contributed by atoms with E-state index in [1.54, 1.807) is 23.0 Å². The highest BCUT2D eigenvalue weighted by molar-refractivity contribution is 9.10. The molecule has 3 unspecified atom stereocenters. The summed E-state index contributed by atoms with van der Waals surface area (Å²) in [7, 11) is 0. The van der Waals surface area contributed by atoms with Crippen LogP contribution in [0.25, 0.3) is 5.52 Å². The van der Waals surface area contributed by atoms with E-state index in [1.807, 2.05) is 6.07 Å². The van der Waals surface area contributed by atoms with Crippen molar-refractivity contribution in [1.82, 2.24) is 30.1 Å². The number of halogens is 2. The Kier molecular flexibility index (Phi) is 4.22. The zero-order valence-electron chi connectivity index (χ0n) is 16.2. The van der Waals surface area contributed by atoms with Crippen LogP contribution in [0.4, 0.5) is 20.8 Å². The van der Waals surface area contributed by atoms with Crippen molar-refractivity contribution in [1.29, 1.82) is 0 Å². The van der Waals surface area contributed by atoms with Gasteiger partial charge in [-0.2, -0.15) is 10.2 Å². The molecule has 0 radical (unpaired) electrons. The largest absolute Gasteiger partial charge is 0.441 e. The molecule has 31 heavy (non-hydrogen) atoms. The maximum atomic E-state index is 15.0. The molecule has 162 valence electrons. The Morgan fingerprint density at radius 3 is 3.03 bits per heavy atom. The lowest BCUT2D eigenvalue weighted by Gasteiger charge is -2.61. The standard InChI is InChI=1S/C19H19BrFN7O3/c20-13-7-22-17(11-1-2-23-28(11)13)24-14-3-10(26-27-14)16-15(21)12(8-30-16)31-18(29)25-19-4-9(5-19)6-19/h1-3,7,9,12,15-16H,4-6,8H2,(H,25,29)(H2,22,24,26,27). The van der Waals surface area contributed by atoms with Gasteiger partial charge >= 0.3 is 6.09 Å². The molecule has 0 spiro atoms. The number of alkyl halides is 1. The predicted octanol–water partition coefficient (Wildman–Crippen LogP) is 3.02. The summed E-state index contributed by atoms with van der Waals surface area (Å²) in [6, 6.07) is 3.46. The van der Waals surface area contributed by atoms with E-state index in [1.165, 1.54) is 0 Å². The van der Waals surface area contributed by atoms with Gasteiger partial charge in [0.05, 0.1) is 24.7 Å². The Morgan fingerprint density at radius 2 is 2.26 bits per heavy atom. The van der Waals surface area contributed by atoms with Gasteiger partial charge in [0.15, 0.2) is 23.9 Å². The minimum absolute atomic E-state index is 0.0125. The minimum Gasteiger partial charge on any atom is -0.441 e. The smallest absolute Gasteiger partial charge is 0.408 e. The van der Waals surface area contributed by atoms with Crippen molar-refractivity contribution in [3.8, 4) is 0 Å². The van der Waals surface area contributed by atoms with Crippen molar-refractivity contribution < 1.29 is 18.7 Å². The van der Waals surface area contributed by atoms with Gasteiger partial charge in [-0.3, -0.25) is 5.10 Å². The number of aromatic amines is 1. The predicted molar refractivity (Wildman–Crippen MR) is 110 cm³/mol. The van der Waals surface area contributed by atoms with E-state index >= 15 is 0 Å². The fourth-order valence-corrected chi connectivity index (χ4v) is 4.99. The maximum Gasteiger partial charge on any atom is 0.408 e. The van der Waals surface area contributed by atoms with Crippen LogP contribution in [-0.2, 0) is 9.47 Å². The Hall–Kier alpha value is -2.73. The highest BCUT2D eigenvalue weighted by Gasteiger charge is 2.58. The van der Waals surface area contributed by atoms with Crippen molar-refractivity contribution in [3.05, 3.63) is 34.8 Å². The number of aromatic nitrogens is 5. The van der Waals surface area contributed by atoms with Gasteiger partial charge in [-0.05, 0) is 47.2 Å². The number of carbonyl (C=O) groups excluding carboxylic acids is 1. The molecule has 3 saturated carbocycles. The maximum absolute atomic E-state index is 15.0. The second-order valence-electron chi connectivity index (χ2n) is 8.42. The monoisotopic (exact) mass is 491 g/mol. The molecule has 4 fully saturated rings. The van der Waals surface area contributed by atoms with Crippen LogP contribution in [0.15, 0.2) is 29.1 Å². The van der Waals surface area contributed by atoms with Crippen LogP contribution in [0, 0.1) is 5.92 Å². The van der Waals surface area contributed by atoms with E-state index in [2.05, 4.69) is 46.8 Å². The summed E-state index contributed by atoms with van der Waals surface area (Å²) in [6.07, 6.45) is 2.32. The van der Waals surface area contributed by atoms with Gasteiger partial charge in [0.1, 0.15) is 16.2 Å². The van der Waals surface area contributed by atoms with Crippen molar-refractivity contribution in [2.75, 3.05) is 11.9 Å². The zero-order valence-corrected chi connectivity index (χ0v) is 17.8. The lowest BCUT2D eigenvalue weighted by molar-refractivity contribution is -0.0528. The number of carbonyl (C=O) groups is 1. The van der Waals surface area contributed by atoms with Crippen LogP contribution >= 0.6 is 15.9 Å². The third-order valence-electron chi connectivity index (χ3n) is 6.29. The van der Waals surface area contributed by atoms with Gasteiger partial charge in [-0.1, -0.05) is 0 Å². The molecule has 4 aliphatic rings. The average Bonchev–Trinajstić information content (AvgIpc) is 3.41. The number of fused-ring (bicyclic) bond motifs is 1. The van der Waals surface area contributed by atoms with Crippen LogP contribution in [0.3, 0.4) is 0 Å². The third-order valence-corrected chi connectivity index (χ3v) is 6.83. The van der Waals surface area contributed by atoms with E-state index in [0.717, 1.165) is 30.7 Å². The molecule has 10 nitrogen and oxygen atoms in total. The first-order valence-electron chi connectivity index (χ1n) is 10.0. The lowest BCUT2D eigenvalue weighted by Crippen LogP contribution is -2.68. The molecule has 3 N–H and O–H groups in total. The molecular weight excluding hydrogens is 473 g/mol. The van der Waals surface area contributed by atoms with Gasteiger partial charge < -0.3 is 20.1 Å². The fourth-order valence-electron chi connectivity index (χ4n) is 4.61. The minimum atomic E-state index is -1.50. The summed E-state index contributed by atoms with van der Waals surface area (Å²) in [5.74, 6) is 1.73. The summed E-state index contributed by atoms with van der Waals surface area (Å²) < 4.78 is 28.2. The molecule has 1 saturated heterocycles. The fraction of sp³-hybridized carbons (Fsp3) is 0.474. The second kappa shape index (κ2) is 6.89. The highest BCUT2D eigenvalue weighted by atomic mass is 79.9. The summed E-state index contributed by atoms with van der Waals surface area (Å²) in [6.45, 7) is -0.0125. The van der Waals surface area contributed by atoms with Gasteiger partial charge in [-0.15, -0.1) is 0 Å². The summed E-state index contributed by atoms with van der Waals surface area (Å²) >= 11 is 3.39. The molecule has 4 heterocycles. The van der Waals surface area contributed by atoms with Gasteiger partial charge in [0, 0.05) is 11.6 Å². The third kappa shape index (κ3) is 3.16. The van der Waals surface area contributed by atoms with E-state index in [9.17, 15) is 9.18 Å². The molecule has 7 rings (SSSR count). The first kappa shape index (κ1) is 19.0. The SMILES string of the molecule is O=C(NC12CC(C1)C2)OC1COC(c2cc(Nc3ncc(Br)n4nccc34)n[nH]2)C1F. The van der Waals surface area contributed by atoms with Gasteiger partial charge in [0.2, 0.25) is 0 Å². The van der Waals surface area contributed by atoms with E-state index in [0.29, 0.717) is 21.9 Å². The number of hydrogen-bond donors (Lipinski definition) is 3. The Bertz CT molecular complexity index is 1150. The van der Waals surface area contributed by atoms with Gasteiger partial charge in [-0.25, -0.2) is 18.7 Å². The number of amides is 1. The molecule has 1 amide bonds. The number of hydrogen-bond acceptors (Lipinski definition) is 7. The summed E-state index contributed by atoms with van der Waals surface area (Å²) in [4.78, 5) is 16.5. The molecule has 3 aromatic rings. The quantitative estimate of drug-likeness (QED) is 0.501. The molecule has 3 atom stereocenters. The number of nitrogens with zero attached hydrogens (tertiary/aromatic N) is 4. The van der Waals surface area contributed by atoms with Crippen molar-refractivity contribution >= 4 is 39.2 Å². The Balaban J connectivity index is 1.11. The first-order valence-corrected chi connectivity index (χ1v) is 10.8. The van der Waals surface area contributed by atoms with Gasteiger partial charge in [0.25, 0.3) is 0 Å². The average molecular weight is 492 g/mol. The van der Waals surface area contributed by atoms with Crippen molar-refractivity contribution in [3.63, 3.8) is 0 Å². The van der Waals surface area contributed by atoms with E-state index in [4.69, 9.17) is 9.47 Å². The summed E-state index contributed by atoms with van der Waals surface area (Å²) in [5, 5.41) is 17.2. The first-order chi connectivity index (χ1) is 15.0. The van der Waals surface area contributed by atoms with Crippen LogP contribution in [-0.4, -0.2) is 55.3 Å². The molecule has 3 aliphatic carbocycles. The number of anilines is 2. The molecule has 2 bridgehead atoms. The van der Waals surface area contributed by atoms with Crippen molar-refractivity contribution in [2.45, 2.75) is 43.2 Å². The second-order valence-corrected chi connectivity index (χ2v) is 9.23. The van der Waals surface area contributed by atoms with Crippen LogP contribution in [0.2, 0.25) is 0 Å². The summed E-state index contributed by atoms with van der Waals surface area (Å²) in [5.41, 5.74) is 1.09. The highest BCUT2D eigenvalue weighted by Crippen LogP contribution is 2.57. The molecule has 1 aliphatic heterocycles. The topological polar surface area (TPSA) is 118 Å². The van der Waals surface area contributed by atoms with Crippen LogP contribution in [0.5, 0.6) is 0 Å². The van der Waals surface area contributed by atoms with Crippen molar-refractivity contribution in [2.24, 2.45) is 5.92 Å². The molecule has 12 heteroatoms. The Labute approximate surface area is 184 Å². The lowest BCUT2D eigenvalue weighted by atomic mass is 9.50. The normalized spacial score (nSPS) is 31.2.